The summed E-state index contributed by atoms with van der Waals surface area (Å²) >= 11 is 0. The van der Waals surface area contributed by atoms with E-state index in [-0.39, 0.29) is 11.8 Å². The van der Waals surface area contributed by atoms with E-state index in [0.717, 1.165) is 11.3 Å². The second-order valence-electron chi connectivity index (χ2n) is 4.01. The van der Waals surface area contributed by atoms with Crippen LogP contribution in [0.1, 0.15) is 36.1 Å². The highest BCUT2D eigenvalue weighted by Crippen LogP contribution is 2.19. The summed E-state index contributed by atoms with van der Waals surface area (Å²) in [5.41, 5.74) is 1.34. The molecule has 0 spiro atoms. The summed E-state index contributed by atoms with van der Waals surface area (Å²) < 4.78 is 1.97. The predicted molar refractivity (Wildman–Crippen MR) is 62.7 cm³/mol. The molecule has 0 bridgehead atoms. The van der Waals surface area contributed by atoms with Crippen LogP contribution < -0.4 is 5.32 Å². The van der Waals surface area contributed by atoms with E-state index in [0.29, 0.717) is 5.69 Å². The average Bonchev–Trinajstić information content (AvgIpc) is 2.67. The Kier molecular flexibility index (Phi) is 2.64. The Hall–Kier alpha value is -1.84. The van der Waals surface area contributed by atoms with Crippen molar-refractivity contribution in [2.45, 2.75) is 19.8 Å². The van der Waals surface area contributed by atoms with Gasteiger partial charge in [0.25, 0.3) is 5.91 Å². The maximum absolute atomic E-state index is 11.7. The molecule has 0 aliphatic heterocycles. The van der Waals surface area contributed by atoms with Crippen LogP contribution >= 0.6 is 0 Å². The topological polar surface area (TPSA) is 46.4 Å². The molecule has 2 aromatic heterocycles. The Morgan fingerprint density at radius 3 is 2.81 bits per heavy atom. The summed E-state index contributed by atoms with van der Waals surface area (Å²) in [6.45, 7) is 4.13. The summed E-state index contributed by atoms with van der Waals surface area (Å²) in [4.78, 5) is 16.1. The SMILES string of the molecule is CNC(=O)c1nc(C(C)C)n2ccccc12. The zero-order valence-corrected chi connectivity index (χ0v) is 9.69. The van der Waals surface area contributed by atoms with Crippen LogP contribution in [0.2, 0.25) is 0 Å². The van der Waals surface area contributed by atoms with Gasteiger partial charge in [0.05, 0.1) is 5.52 Å². The normalized spacial score (nSPS) is 11.0. The molecule has 0 aliphatic carbocycles. The molecule has 0 atom stereocenters. The number of fused-ring (bicyclic) bond motifs is 1. The van der Waals surface area contributed by atoms with E-state index in [9.17, 15) is 4.79 Å². The predicted octanol–water partition coefficient (Wildman–Crippen LogP) is 1.82. The number of carbonyl (C=O) groups is 1. The molecule has 2 rings (SSSR count). The molecule has 4 heteroatoms. The third kappa shape index (κ3) is 1.56. The molecule has 0 saturated heterocycles. The number of hydrogen-bond acceptors (Lipinski definition) is 2. The van der Waals surface area contributed by atoms with E-state index in [4.69, 9.17) is 0 Å². The summed E-state index contributed by atoms with van der Waals surface area (Å²) in [7, 11) is 1.62. The number of imidazole rings is 1. The van der Waals surface area contributed by atoms with Gasteiger partial charge in [-0.25, -0.2) is 4.98 Å². The minimum absolute atomic E-state index is 0.143. The van der Waals surface area contributed by atoms with Crippen LogP contribution in [0.5, 0.6) is 0 Å². The molecule has 1 amide bonds. The summed E-state index contributed by atoms with van der Waals surface area (Å²) in [5.74, 6) is 1.05. The fourth-order valence-corrected chi connectivity index (χ4v) is 1.75. The van der Waals surface area contributed by atoms with Gasteiger partial charge in [0.2, 0.25) is 0 Å². The Bertz CT molecular complexity index is 528. The zero-order chi connectivity index (χ0) is 11.7. The lowest BCUT2D eigenvalue weighted by Crippen LogP contribution is -2.18. The lowest BCUT2D eigenvalue weighted by Gasteiger charge is -2.02. The highest BCUT2D eigenvalue weighted by molar-refractivity contribution is 5.98. The van der Waals surface area contributed by atoms with E-state index in [1.807, 2.05) is 28.8 Å². The van der Waals surface area contributed by atoms with E-state index >= 15 is 0 Å². The molecular weight excluding hydrogens is 202 g/mol. The van der Waals surface area contributed by atoms with Gasteiger partial charge in [-0.05, 0) is 12.1 Å². The van der Waals surface area contributed by atoms with Gasteiger partial charge in [-0.15, -0.1) is 0 Å². The van der Waals surface area contributed by atoms with Crippen LogP contribution in [0, 0.1) is 0 Å². The van der Waals surface area contributed by atoms with Crippen molar-refractivity contribution in [2.75, 3.05) is 7.05 Å². The van der Waals surface area contributed by atoms with Crippen molar-refractivity contribution in [1.29, 1.82) is 0 Å². The molecule has 2 aromatic rings. The molecule has 0 radical (unpaired) electrons. The molecule has 0 unspecified atom stereocenters. The van der Waals surface area contributed by atoms with E-state index in [1.165, 1.54) is 0 Å². The van der Waals surface area contributed by atoms with Crippen molar-refractivity contribution in [2.24, 2.45) is 0 Å². The van der Waals surface area contributed by atoms with Crippen molar-refractivity contribution in [3.8, 4) is 0 Å². The highest BCUT2D eigenvalue weighted by Gasteiger charge is 2.17. The maximum atomic E-state index is 11.7. The number of amides is 1. The maximum Gasteiger partial charge on any atom is 0.271 e. The standard InChI is InChI=1S/C12H15N3O/c1-8(2)11-14-10(12(16)13-3)9-6-4-5-7-15(9)11/h4-8H,1-3H3,(H,13,16). The van der Waals surface area contributed by atoms with Crippen molar-refractivity contribution in [3.05, 3.63) is 35.9 Å². The van der Waals surface area contributed by atoms with E-state index in [1.54, 1.807) is 7.05 Å². The average molecular weight is 217 g/mol. The minimum Gasteiger partial charge on any atom is -0.354 e. The smallest absolute Gasteiger partial charge is 0.271 e. The van der Waals surface area contributed by atoms with Gasteiger partial charge in [0.15, 0.2) is 5.69 Å². The molecule has 0 aromatic carbocycles. The van der Waals surface area contributed by atoms with Gasteiger partial charge in [0, 0.05) is 19.2 Å². The van der Waals surface area contributed by atoms with Gasteiger partial charge in [-0.3, -0.25) is 4.79 Å². The number of nitrogens with zero attached hydrogens (tertiary/aromatic N) is 2. The molecule has 1 N–H and O–H groups in total. The third-order valence-electron chi connectivity index (χ3n) is 2.53. The molecule has 0 saturated carbocycles. The quantitative estimate of drug-likeness (QED) is 0.834. The van der Waals surface area contributed by atoms with Crippen LogP contribution in [0.15, 0.2) is 24.4 Å². The molecule has 4 nitrogen and oxygen atoms in total. The number of carbonyl (C=O) groups excluding carboxylic acids is 1. The van der Waals surface area contributed by atoms with Gasteiger partial charge >= 0.3 is 0 Å². The van der Waals surface area contributed by atoms with Gasteiger partial charge in [-0.2, -0.15) is 0 Å². The van der Waals surface area contributed by atoms with Gasteiger partial charge in [-0.1, -0.05) is 19.9 Å². The van der Waals surface area contributed by atoms with Gasteiger partial charge < -0.3 is 9.72 Å². The molecule has 84 valence electrons. The minimum atomic E-state index is -0.143. The number of hydrogen-bond donors (Lipinski definition) is 1. The lowest BCUT2D eigenvalue weighted by molar-refractivity contribution is 0.0960. The van der Waals surface area contributed by atoms with Crippen LogP contribution in [0.25, 0.3) is 5.52 Å². The van der Waals surface area contributed by atoms with Crippen molar-refractivity contribution >= 4 is 11.4 Å². The second-order valence-corrected chi connectivity index (χ2v) is 4.01. The Labute approximate surface area is 94.3 Å². The van der Waals surface area contributed by atoms with E-state index in [2.05, 4.69) is 24.1 Å². The summed E-state index contributed by atoms with van der Waals surface area (Å²) in [5, 5.41) is 2.61. The van der Waals surface area contributed by atoms with Crippen LogP contribution in [0.3, 0.4) is 0 Å². The van der Waals surface area contributed by atoms with Gasteiger partial charge in [0.1, 0.15) is 5.82 Å². The Morgan fingerprint density at radius 1 is 1.44 bits per heavy atom. The third-order valence-corrected chi connectivity index (χ3v) is 2.53. The molecular formula is C12H15N3O. The fourth-order valence-electron chi connectivity index (χ4n) is 1.75. The molecule has 0 aliphatic rings. The first-order valence-electron chi connectivity index (χ1n) is 5.34. The largest absolute Gasteiger partial charge is 0.354 e. The zero-order valence-electron chi connectivity index (χ0n) is 9.69. The summed E-state index contributed by atoms with van der Waals surface area (Å²) in [6, 6.07) is 5.76. The van der Waals surface area contributed by atoms with Crippen molar-refractivity contribution < 1.29 is 4.79 Å². The van der Waals surface area contributed by atoms with Crippen molar-refractivity contribution in [3.63, 3.8) is 0 Å². The van der Waals surface area contributed by atoms with Crippen LogP contribution in [0.4, 0.5) is 0 Å². The number of pyridine rings is 1. The summed E-state index contributed by atoms with van der Waals surface area (Å²) in [6.07, 6.45) is 1.93. The van der Waals surface area contributed by atoms with Crippen LogP contribution in [-0.2, 0) is 0 Å². The first-order chi connectivity index (χ1) is 7.65. The first-order valence-corrected chi connectivity index (χ1v) is 5.34. The second kappa shape index (κ2) is 3.96. The molecule has 2 heterocycles. The highest BCUT2D eigenvalue weighted by atomic mass is 16.1. The fraction of sp³-hybridized carbons (Fsp3) is 0.333. The number of aromatic nitrogens is 2. The van der Waals surface area contributed by atoms with E-state index < -0.39 is 0 Å². The molecule has 16 heavy (non-hydrogen) atoms. The molecule has 0 fully saturated rings. The van der Waals surface area contributed by atoms with Crippen LogP contribution in [-0.4, -0.2) is 22.3 Å². The Balaban J connectivity index is 2.71. The van der Waals surface area contributed by atoms with Crippen molar-refractivity contribution in [1.82, 2.24) is 14.7 Å². The lowest BCUT2D eigenvalue weighted by atomic mass is 10.2. The first kappa shape index (κ1) is 10.7. The number of rotatable bonds is 2. The monoisotopic (exact) mass is 217 g/mol. The number of nitrogens with one attached hydrogen (secondary N) is 1. The Morgan fingerprint density at radius 2 is 2.19 bits per heavy atom.